The van der Waals surface area contributed by atoms with Crippen molar-refractivity contribution in [1.82, 2.24) is 9.88 Å². The molecule has 0 aliphatic heterocycles. The van der Waals surface area contributed by atoms with Gasteiger partial charge >= 0.3 is 5.97 Å². The summed E-state index contributed by atoms with van der Waals surface area (Å²) < 4.78 is 0. The molecule has 5 nitrogen and oxygen atoms in total. The van der Waals surface area contributed by atoms with Crippen molar-refractivity contribution in [2.75, 3.05) is 6.54 Å². The lowest BCUT2D eigenvalue weighted by Gasteiger charge is -2.24. The number of hydrogen-bond acceptors (Lipinski definition) is 4. The zero-order valence-electron chi connectivity index (χ0n) is 13.4. The average molecular weight is 332 g/mol. The molecule has 0 radical (unpaired) electrons. The summed E-state index contributed by atoms with van der Waals surface area (Å²) in [5, 5.41) is 9.85. The summed E-state index contributed by atoms with van der Waals surface area (Å²) in [6.45, 7) is 5.10. The third-order valence-corrected chi connectivity index (χ3v) is 4.57. The first-order valence-electron chi connectivity index (χ1n) is 7.41. The Bertz CT molecular complexity index is 695. The molecule has 23 heavy (non-hydrogen) atoms. The van der Waals surface area contributed by atoms with Gasteiger partial charge < -0.3 is 10.0 Å². The van der Waals surface area contributed by atoms with Crippen LogP contribution in [0.25, 0.3) is 0 Å². The first kappa shape index (κ1) is 17.1. The standard InChI is InChI=1S/C17H20N2O3S/c1-11(2)19(10-15(20)21)17(22)16-12(3)18-14(23-16)9-13-7-5-4-6-8-13/h4-8,11H,9-10H2,1-3H3,(H,20,21). The van der Waals surface area contributed by atoms with Crippen LogP contribution in [0, 0.1) is 6.92 Å². The molecule has 0 bridgehead atoms. The highest BCUT2D eigenvalue weighted by Crippen LogP contribution is 2.23. The number of aliphatic carboxylic acids is 1. The van der Waals surface area contributed by atoms with Crippen molar-refractivity contribution in [3.05, 3.63) is 51.5 Å². The van der Waals surface area contributed by atoms with E-state index in [0.717, 1.165) is 10.6 Å². The lowest BCUT2D eigenvalue weighted by Crippen LogP contribution is -2.40. The molecule has 0 fully saturated rings. The highest BCUT2D eigenvalue weighted by molar-refractivity contribution is 7.13. The molecule has 0 aliphatic rings. The summed E-state index contributed by atoms with van der Waals surface area (Å²) in [4.78, 5) is 30.0. The molecule has 1 heterocycles. The van der Waals surface area contributed by atoms with Crippen LogP contribution in [0.5, 0.6) is 0 Å². The Labute approximate surface area is 139 Å². The number of hydrogen-bond donors (Lipinski definition) is 1. The number of aromatic nitrogens is 1. The van der Waals surface area contributed by atoms with Crippen molar-refractivity contribution in [3.63, 3.8) is 0 Å². The van der Waals surface area contributed by atoms with E-state index in [-0.39, 0.29) is 18.5 Å². The van der Waals surface area contributed by atoms with Crippen molar-refractivity contribution >= 4 is 23.2 Å². The molecule has 6 heteroatoms. The lowest BCUT2D eigenvalue weighted by atomic mass is 10.2. The quantitative estimate of drug-likeness (QED) is 0.883. The third-order valence-electron chi connectivity index (χ3n) is 3.42. The van der Waals surface area contributed by atoms with Gasteiger partial charge in [0.15, 0.2) is 0 Å². The molecular weight excluding hydrogens is 312 g/mol. The molecule has 0 unspecified atom stereocenters. The van der Waals surface area contributed by atoms with Gasteiger partial charge in [-0.1, -0.05) is 30.3 Å². The second-order valence-corrected chi connectivity index (χ2v) is 6.69. The van der Waals surface area contributed by atoms with Gasteiger partial charge in [-0.2, -0.15) is 0 Å². The number of carbonyl (C=O) groups excluding carboxylic acids is 1. The highest BCUT2D eigenvalue weighted by atomic mass is 32.1. The largest absolute Gasteiger partial charge is 0.480 e. The second-order valence-electron chi connectivity index (χ2n) is 5.61. The van der Waals surface area contributed by atoms with Gasteiger partial charge in [-0.3, -0.25) is 9.59 Å². The third kappa shape index (κ3) is 4.39. The van der Waals surface area contributed by atoms with Gasteiger partial charge in [-0.25, -0.2) is 4.98 Å². The van der Waals surface area contributed by atoms with Crippen LogP contribution in [0.4, 0.5) is 0 Å². The fourth-order valence-electron chi connectivity index (χ4n) is 2.26. The Morgan fingerprint density at radius 3 is 2.48 bits per heavy atom. The smallest absolute Gasteiger partial charge is 0.323 e. The number of aryl methyl sites for hydroxylation is 1. The van der Waals surface area contributed by atoms with E-state index in [2.05, 4.69) is 4.98 Å². The maximum Gasteiger partial charge on any atom is 0.323 e. The first-order valence-corrected chi connectivity index (χ1v) is 8.23. The van der Waals surface area contributed by atoms with Gasteiger partial charge in [-0.15, -0.1) is 11.3 Å². The lowest BCUT2D eigenvalue weighted by molar-refractivity contribution is -0.138. The highest BCUT2D eigenvalue weighted by Gasteiger charge is 2.25. The maximum absolute atomic E-state index is 12.6. The van der Waals surface area contributed by atoms with Crippen LogP contribution in [-0.2, 0) is 11.2 Å². The molecule has 1 amide bonds. The fourth-order valence-corrected chi connectivity index (χ4v) is 3.32. The molecule has 1 aromatic carbocycles. The van der Waals surface area contributed by atoms with Gasteiger partial charge in [0.25, 0.3) is 5.91 Å². The first-order chi connectivity index (χ1) is 10.9. The van der Waals surface area contributed by atoms with Crippen LogP contribution in [0.3, 0.4) is 0 Å². The number of amides is 1. The molecule has 0 atom stereocenters. The number of carboxylic acids is 1. The zero-order valence-corrected chi connectivity index (χ0v) is 14.3. The van der Waals surface area contributed by atoms with Crippen LogP contribution in [0.1, 0.15) is 39.8 Å². The van der Waals surface area contributed by atoms with E-state index >= 15 is 0 Å². The number of nitrogens with zero attached hydrogens (tertiary/aromatic N) is 2. The molecule has 122 valence electrons. The molecular formula is C17H20N2O3S. The van der Waals surface area contributed by atoms with Crippen LogP contribution >= 0.6 is 11.3 Å². The van der Waals surface area contributed by atoms with Crippen LogP contribution < -0.4 is 0 Å². The van der Waals surface area contributed by atoms with E-state index in [1.54, 1.807) is 6.92 Å². The normalized spacial score (nSPS) is 10.8. The summed E-state index contributed by atoms with van der Waals surface area (Å²) >= 11 is 1.34. The molecule has 2 rings (SSSR count). The summed E-state index contributed by atoms with van der Waals surface area (Å²) in [6.07, 6.45) is 0.667. The minimum atomic E-state index is -1.02. The van der Waals surface area contributed by atoms with Gasteiger partial charge in [0.05, 0.1) is 10.7 Å². The van der Waals surface area contributed by atoms with Gasteiger partial charge in [-0.05, 0) is 26.3 Å². The summed E-state index contributed by atoms with van der Waals surface area (Å²) in [5.41, 5.74) is 1.79. The Kier molecular flexibility index (Phi) is 5.50. The minimum Gasteiger partial charge on any atom is -0.480 e. The van der Waals surface area contributed by atoms with Crippen LogP contribution in [-0.4, -0.2) is 39.5 Å². The minimum absolute atomic E-state index is 0.183. The second kappa shape index (κ2) is 7.37. The average Bonchev–Trinajstić information content (AvgIpc) is 2.85. The van der Waals surface area contributed by atoms with Gasteiger partial charge in [0, 0.05) is 12.5 Å². The molecule has 2 aromatic rings. The number of thiazole rings is 1. The molecule has 0 saturated heterocycles. The predicted octanol–water partition coefficient (Wildman–Crippen LogP) is 2.98. The van der Waals surface area contributed by atoms with Crippen molar-refractivity contribution in [3.8, 4) is 0 Å². The molecule has 0 saturated carbocycles. The van der Waals surface area contributed by atoms with Gasteiger partial charge in [0.1, 0.15) is 11.4 Å². The summed E-state index contributed by atoms with van der Waals surface area (Å²) in [7, 11) is 0. The topological polar surface area (TPSA) is 70.5 Å². The van der Waals surface area contributed by atoms with E-state index in [0.29, 0.717) is 17.0 Å². The molecule has 0 spiro atoms. The van der Waals surface area contributed by atoms with Crippen molar-refractivity contribution in [2.24, 2.45) is 0 Å². The van der Waals surface area contributed by atoms with Crippen molar-refractivity contribution < 1.29 is 14.7 Å². The summed E-state index contributed by atoms with van der Waals surface area (Å²) in [6, 6.07) is 9.74. The number of carboxylic acid groups (broad SMARTS) is 1. The fraction of sp³-hybridized carbons (Fsp3) is 0.353. The van der Waals surface area contributed by atoms with Gasteiger partial charge in [0.2, 0.25) is 0 Å². The molecule has 1 N–H and O–H groups in total. The number of rotatable bonds is 6. The van der Waals surface area contributed by atoms with Crippen LogP contribution in [0.15, 0.2) is 30.3 Å². The van der Waals surface area contributed by atoms with Crippen molar-refractivity contribution in [1.29, 1.82) is 0 Å². The monoisotopic (exact) mass is 332 g/mol. The molecule has 0 aliphatic carbocycles. The Morgan fingerprint density at radius 2 is 1.91 bits per heavy atom. The number of benzene rings is 1. The Balaban J connectivity index is 2.22. The zero-order chi connectivity index (χ0) is 17.0. The Morgan fingerprint density at radius 1 is 1.26 bits per heavy atom. The summed E-state index contributed by atoms with van der Waals surface area (Å²) in [5.74, 6) is -1.28. The predicted molar refractivity (Wildman–Crippen MR) is 89.9 cm³/mol. The van der Waals surface area contributed by atoms with Crippen molar-refractivity contribution in [2.45, 2.75) is 33.2 Å². The van der Waals surface area contributed by atoms with E-state index in [9.17, 15) is 9.59 Å². The maximum atomic E-state index is 12.6. The SMILES string of the molecule is Cc1nc(Cc2ccccc2)sc1C(=O)N(CC(=O)O)C(C)C. The van der Waals surface area contributed by atoms with Crippen LogP contribution in [0.2, 0.25) is 0 Å². The van der Waals surface area contributed by atoms with E-state index in [1.165, 1.54) is 16.2 Å². The Hall–Kier alpha value is -2.21. The van der Waals surface area contributed by atoms with E-state index in [4.69, 9.17) is 5.11 Å². The molecule has 1 aromatic heterocycles. The van der Waals surface area contributed by atoms with E-state index in [1.807, 2.05) is 44.2 Å². The number of carbonyl (C=O) groups is 2. The van der Waals surface area contributed by atoms with E-state index < -0.39 is 5.97 Å².